The lowest BCUT2D eigenvalue weighted by atomic mass is 10.2. The van der Waals surface area contributed by atoms with Crippen LogP contribution in [0.3, 0.4) is 0 Å². The first-order chi connectivity index (χ1) is 9.15. The van der Waals surface area contributed by atoms with Gasteiger partial charge in [0, 0.05) is 6.54 Å². The summed E-state index contributed by atoms with van der Waals surface area (Å²) in [6.45, 7) is 1.93. The van der Waals surface area contributed by atoms with Crippen molar-refractivity contribution in [2.24, 2.45) is 5.73 Å². The standard InChI is InChI=1S/C13H14FN3O2/c1-8-12(14)13(17-7-16-8)19-10-4-3-9(6-15)5-11(10)18-2/h3-5,7H,6,15H2,1-2H3. The Morgan fingerprint density at radius 2 is 2.05 bits per heavy atom. The molecule has 0 saturated heterocycles. The van der Waals surface area contributed by atoms with Gasteiger partial charge in [0.15, 0.2) is 11.5 Å². The molecular weight excluding hydrogens is 249 g/mol. The third-order valence-electron chi connectivity index (χ3n) is 2.60. The Morgan fingerprint density at radius 1 is 1.26 bits per heavy atom. The molecule has 2 N–H and O–H groups in total. The minimum Gasteiger partial charge on any atom is -0.493 e. The quantitative estimate of drug-likeness (QED) is 0.915. The van der Waals surface area contributed by atoms with Crippen LogP contribution in [0.4, 0.5) is 4.39 Å². The summed E-state index contributed by atoms with van der Waals surface area (Å²) in [5.41, 5.74) is 6.66. The maximum atomic E-state index is 13.8. The molecule has 0 aliphatic heterocycles. The molecule has 0 aliphatic carbocycles. The normalized spacial score (nSPS) is 10.3. The van der Waals surface area contributed by atoms with Crippen molar-refractivity contribution in [3.05, 3.63) is 41.6 Å². The van der Waals surface area contributed by atoms with Crippen molar-refractivity contribution in [3.63, 3.8) is 0 Å². The van der Waals surface area contributed by atoms with Crippen molar-refractivity contribution in [1.82, 2.24) is 9.97 Å². The summed E-state index contributed by atoms with van der Waals surface area (Å²) in [7, 11) is 1.50. The van der Waals surface area contributed by atoms with Crippen molar-refractivity contribution in [1.29, 1.82) is 0 Å². The molecule has 2 aromatic rings. The van der Waals surface area contributed by atoms with Crippen LogP contribution in [0.1, 0.15) is 11.3 Å². The van der Waals surface area contributed by atoms with Crippen LogP contribution < -0.4 is 15.2 Å². The summed E-state index contributed by atoms with van der Waals surface area (Å²) >= 11 is 0. The Hall–Kier alpha value is -2.21. The van der Waals surface area contributed by atoms with E-state index in [9.17, 15) is 4.39 Å². The third-order valence-corrected chi connectivity index (χ3v) is 2.60. The molecule has 0 amide bonds. The fourth-order valence-electron chi connectivity index (χ4n) is 1.53. The van der Waals surface area contributed by atoms with Crippen molar-refractivity contribution in [2.45, 2.75) is 13.5 Å². The largest absolute Gasteiger partial charge is 0.493 e. The van der Waals surface area contributed by atoms with Crippen molar-refractivity contribution >= 4 is 0 Å². The SMILES string of the molecule is COc1cc(CN)ccc1Oc1ncnc(C)c1F. The smallest absolute Gasteiger partial charge is 0.259 e. The lowest BCUT2D eigenvalue weighted by molar-refractivity contribution is 0.361. The van der Waals surface area contributed by atoms with Gasteiger partial charge in [0.25, 0.3) is 5.88 Å². The molecule has 0 radical (unpaired) electrons. The number of ether oxygens (including phenoxy) is 2. The van der Waals surface area contributed by atoms with E-state index in [4.69, 9.17) is 15.2 Å². The van der Waals surface area contributed by atoms with Crippen LogP contribution in [0, 0.1) is 12.7 Å². The van der Waals surface area contributed by atoms with Gasteiger partial charge < -0.3 is 15.2 Å². The van der Waals surface area contributed by atoms with E-state index in [1.165, 1.54) is 13.4 Å². The molecule has 19 heavy (non-hydrogen) atoms. The van der Waals surface area contributed by atoms with Gasteiger partial charge in [-0.25, -0.2) is 4.98 Å². The third kappa shape index (κ3) is 2.79. The minimum absolute atomic E-state index is 0.133. The van der Waals surface area contributed by atoms with Gasteiger partial charge in [-0.05, 0) is 24.6 Å². The summed E-state index contributed by atoms with van der Waals surface area (Å²) in [5, 5.41) is 0. The van der Waals surface area contributed by atoms with Crippen LogP contribution in [-0.2, 0) is 6.54 Å². The first-order valence-corrected chi connectivity index (χ1v) is 5.67. The molecule has 0 unspecified atom stereocenters. The second-order valence-corrected chi connectivity index (χ2v) is 3.87. The van der Waals surface area contributed by atoms with E-state index in [1.807, 2.05) is 0 Å². The second-order valence-electron chi connectivity index (χ2n) is 3.87. The molecule has 0 atom stereocenters. The summed E-state index contributed by atoms with van der Waals surface area (Å²) in [4.78, 5) is 7.50. The highest BCUT2D eigenvalue weighted by Gasteiger charge is 2.13. The molecule has 0 aliphatic rings. The molecule has 5 nitrogen and oxygen atoms in total. The highest BCUT2D eigenvalue weighted by atomic mass is 19.1. The Bertz CT molecular complexity index is 590. The fraction of sp³-hybridized carbons (Fsp3) is 0.231. The Morgan fingerprint density at radius 3 is 2.74 bits per heavy atom. The van der Waals surface area contributed by atoms with E-state index < -0.39 is 5.82 Å². The zero-order valence-electron chi connectivity index (χ0n) is 10.7. The zero-order valence-corrected chi connectivity index (χ0v) is 10.7. The van der Waals surface area contributed by atoms with Gasteiger partial charge in [0.2, 0.25) is 5.82 Å². The zero-order chi connectivity index (χ0) is 13.8. The van der Waals surface area contributed by atoms with E-state index >= 15 is 0 Å². The first kappa shape index (κ1) is 13.2. The van der Waals surface area contributed by atoms with Gasteiger partial charge in [-0.1, -0.05) is 6.07 Å². The predicted molar refractivity (Wildman–Crippen MR) is 67.7 cm³/mol. The van der Waals surface area contributed by atoms with E-state index in [2.05, 4.69) is 9.97 Å². The van der Waals surface area contributed by atoms with Crippen LogP contribution in [0.5, 0.6) is 17.4 Å². The second kappa shape index (κ2) is 5.62. The topological polar surface area (TPSA) is 70.3 Å². The maximum absolute atomic E-state index is 13.8. The van der Waals surface area contributed by atoms with Crippen LogP contribution in [0.2, 0.25) is 0 Å². The summed E-state index contributed by atoms with van der Waals surface area (Å²) in [6, 6.07) is 5.18. The van der Waals surface area contributed by atoms with Crippen molar-refractivity contribution in [3.8, 4) is 17.4 Å². The number of aryl methyl sites for hydroxylation is 1. The van der Waals surface area contributed by atoms with Crippen LogP contribution >= 0.6 is 0 Å². The number of hydrogen-bond donors (Lipinski definition) is 1. The van der Waals surface area contributed by atoms with Gasteiger partial charge in [-0.2, -0.15) is 9.37 Å². The lowest BCUT2D eigenvalue weighted by Gasteiger charge is -2.11. The molecule has 0 bridgehead atoms. The number of methoxy groups -OCH3 is 1. The van der Waals surface area contributed by atoms with E-state index in [0.717, 1.165) is 5.56 Å². The highest BCUT2D eigenvalue weighted by molar-refractivity contribution is 5.44. The Labute approximate surface area is 110 Å². The number of nitrogens with two attached hydrogens (primary N) is 1. The molecule has 0 spiro atoms. The van der Waals surface area contributed by atoms with Crippen LogP contribution in [0.15, 0.2) is 24.5 Å². The Balaban J connectivity index is 2.35. The predicted octanol–water partition coefficient (Wildman–Crippen LogP) is 2.18. The Kier molecular flexibility index (Phi) is 3.91. The van der Waals surface area contributed by atoms with E-state index in [-0.39, 0.29) is 11.6 Å². The molecule has 100 valence electrons. The van der Waals surface area contributed by atoms with Crippen molar-refractivity contribution < 1.29 is 13.9 Å². The summed E-state index contributed by atoms with van der Waals surface area (Å²) in [5.74, 6) is 0.120. The molecule has 1 aromatic heterocycles. The molecule has 1 aromatic carbocycles. The van der Waals surface area contributed by atoms with Gasteiger partial charge in [0.05, 0.1) is 12.8 Å². The van der Waals surface area contributed by atoms with Gasteiger partial charge in [0.1, 0.15) is 6.33 Å². The first-order valence-electron chi connectivity index (χ1n) is 5.67. The lowest BCUT2D eigenvalue weighted by Crippen LogP contribution is -2.00. The van der Waals surface area contributed by atoms with Crippen molar-refractivity contribution in [2.75, 3.05) is 7.11 Å². The molecule has 2 rings (SSSR count). The number of hydrogen-bond acceptors (Lipinski definition) is 5. The van der Waals surface area contributed by atoms with E-state index in [1.54, 1.807) is 25.1 Å². The van der Waals surface area contributed by atoms with Gasteiger partial charge in [-0.15, -0.1) is 0 Å². The average Bonchev–Trinajstić information content (AvgIpc) is 2.44. The fourth-order valence-corrected chi connectivity index (χ4v) is 1.53. The number of rotatable bonds is 4. The number of halogens is 1. The summed E-state index contributed by atoms with van der Waals surface area (Å²) in [6.07, 6.45) is 1.24. The molecular formula is C13H14FN3O2. The molecule has 0 saturated carbocycles. The molecule has 6 heteroatoms. The average molecular weight is 263 g/mol. The molecule has 0 fully saturated rings. The minimum atomic E-state index is -0.590. The maximum Gasteiger partial charge on any atom is 0.259 e. The highest BCUT2D eigenvalue weighted by Crippen LogP contribution is 2.32. The van der Waals surface area contributed by atoms with Crippen LogP contribution in [-0.4, -0.2) is 17.1 Å². The summed E-state index contributed by atoms with van der Waals surface area (Å²) < 4.78 is 24.4. The number of aromatic nitrogens is 2. The number of benzene rings is 1. The van der Waals surface area contributed by atoms with Crippen LogP contribution in [0.25, 0.3) is 0 Å². The van der Waals surface area contributed by atoms with E-state index in [0.29, 0.717) is 18.0 Å². The molecule has 1 heterocycles. The number of nitrogens with zero attached hydrogens (tertiary/aromatic N) is 2. The van der Waals surface area contributed by atoms with Gasteiger partial charge >= 0.3 is 0 Å². The monoisotopic (exact) mass is 263 g/mol. The van der Waals surface area contributed by atoms with Gasteiger partial charge in [-0.3, -0.25) is 0 Å².